The van der Waals surface area contributed by atoms with E-state index in [-0.39, 0.29) is 5.41 Å². The smallest absolute Gasteiger partial charge is 0.139 e. The van der Waals surface area contributed by atoms with Crippen molar-refractivity contribution in [1.29, 1.82) is 0 Å². The number of fused-ring (bicyclic) bond motifs is 5. The largest absolute Gasteiger partial charge is 0.300 e. The van der Waals surface area contributed by atoms with E-state index in [1.54, 1.807) is 0 Å². The van der Waals surface area contributed by atoms with Crippen LogP contribution in [0, 0.1) is 40.4 Å². The monoisotopic (exact) mass is 316 g/mol. The quantitative estimate of drug-likeness (QED) is 0.696. The third kappa shape index (κ3) is 1.99. The summed E-state index contributed by atoms with van der Waals surface area (Å²) in [7, 11) is 0. The number of ketones is 2. The Morgan fingerprint density at radius 3 is 2.52 bits per heavy atom. The maximum Gasteiger partial charge on any atom is 0.139 e. The average molecular weight is 316 g/mol. The van der Waals surface area contributed by atoms with E-state index in [9.17, 15) is 9.59 Å². The summed E-state index contributed by atoms with van der Waals surface area (Å²) in [4.78, 5) is 24.7. The lowest BCUT2D eigenvalue weighted by molar-refractivity contribution is -0.155. The third-order valence-electron chi connectivity index (χ3n) is 8.99. The molecular formula is C21H32O2. The standard InChI is InChI=1S/C21H32O2/c1-4-13-11-15(22)12-14-5-6-16-17-7-8-19(23)20(17,2)10-9-18(16)21(13,14)3/h13-14,16-18H,4-12H2,1-3H3/t13-,14?,16-,17-,18-,20-,21-/m0/s1. The topological polar surface area (TPSA) is 34.1 Å². The molecule has 4 aliphatic rings. The molecule has 128 valence electrons. The van der Waals surface area contributed by atoms with Gasteiger partial charge in [0.1, 0.15) is 11.6 Å². The van der Waals surface area contributed by atoms with E-state index in [1.165, 1.54) is 19.3 Å². The lowest BCUT2D eigenvalue weighted by atomic mass is 9.42. The molecule has 4 rings (SSSR count). The molecule has 2 heteroatoms. The fourth-order valence-electron chi connectivity index (χ4n) is 7.64. The van der Waals surface area contributed by atoms with Gasteiger partial charge in [-0.3, -0.25) is 9.59 Å². The van der Waals surface area contributed by atoms with Gasteiger partial charge in [0.15, 0.2) is 0 Å². The summed E-state index contributed by atoms with van der Waals surface area (Å²) in [5, 5.41) is 0. The van der Waals surface area contributed by atoms with Gasteiger partial charge in [-0.2, -0.15) is 0 Å². The predicted molar refractivity (Wildman–Crippen MR) is 90.9 cm³/mol. The molecule has 0 N–H and O–H groups in total. The van der Waals surface area contributed by atoms with E-state index < -0.39 is 0 Å². The van der Waals surface area contributed by atoms with Crippen LogP contribution in [0.4, 0.5) is 0 Å². The van der Waals surface area contributed by atoms with Gasteiger partial charge >= 0.3 is 0 Å². The van der Waals surface area contributed by atoms with E-state index in [2.05, 4.69) is 20.8 Å². The van der Waals surface area contributed by atoms with Gasteiger partial charge in [0.05, 0.1) is 0 Å². The highest BCUT2D eigenvalue weighted by Crippen LogP contribution is 2.66. The minimum Gasteiger partial charge on any atom is -0.300 e. The number of hydrogen-bond donors (Lipinski definition) is 0. The number of hydrogen-bond acceptors (Lipinski definition) is 2. The Hall–Kier alpha value is -0.660. The Balaban J connectivity index is 1.69. The lowest BCUT2D eigenvalue weighted by Crippen LogP contribution is -2.56. The molecule has 0 aromatic carbocycles. The molecule has 2 nitrogen and oxygen atoms in total. The molecule has 0 saturated heterocycles. The molecule has 0 aromatic heterocycles. The molecule has 0 aliphatic heterocycles. The zero-order valence-corrected chi connectivity index (χ0v) is 15.1. The van der Waals surface area contributed by atoms with E-state index in [4.69, 9.17) is 0 Å². The van der Waals surface area contributed by atoms with Crippen molar-refractivity contribution in [3.8, 4) is 0 Å². The van der Waals surface area contributed by atoms with Crippen molar-refractivity contribution in [2.45, 2.75) is 78.6 Å². The van der Waals surface area contributed by atoms with E-state index in [0.29, 0.717) is 34.7 Å². The first kappa shape index (κ1) is 15.8. The van der Waals surface area contributed by atoms with Crippen molar-refractivity contribution in [3.63, 3.8) is 0 Å². The van der Waals surface area contributed by atoms with Gasteiger partial charge < -0.3 is 0 Å². The summed E-state index contributed by atoms with van der Waals surface area (Å²) in [5.74, 6) is 4.35. The summed E-state index contributed by atoms with van der Waals surface area (Å²) in [5.41, 5.74) is 0.328. The Morgan fingerprint density at radius 2 is 1.78 bits per heavy atom. The van der Waals surface area contributed by atoms with Crippen molar-refractivity contribution in [3.05, 3.63) is 0 Å². The molecule has 0 bridgehead atoms. The molecule has 0 amide bonds. The van der Waals surface area contributed by atoms with Crippen LogP contribution >= 0.6 is 0 Å². The van der Waals surface area contributed by atoms with Crippen LogP contribution in [-0.2, 0) is 9.59 Å². The predicted octanol–water partition coefficient (Wildman–Crippen LogP) is 4.80. The maximum atomic E-state index is 12.5. The summed E-state index contributed by atoms with van der Waals surface area (Å²) in [6.45, 7) is 7.06. The van der Waals surface area contributed by atoms with Gasteiger partial charge in [0, 0.05) is 24.7 Å². The van der Waals surface area contributed by atoms with Crippen LogP contribution in [0.5, 0.6) is 0 Å². The van der Waals surface area contributed by atoms with Crippen molar-refractivity contribution < 1.29 is 9.59 Å². The summed E-state index contributed by atoms with van der Waals surface area (Å²) >= 11 is 0. The van der Waals surface area contributed by atoms with Crippen LogP contribution < -0.4 is 0 Å². The van der Waals surface area contributed by atoms with Crippen molar-refractivity contribution in [2.24, 2.45) is 40.4 Å². The molecule has 0 heterocycles. The molecule has 0 spiro atoms. The summed E-state index contributed by atoms with van der Waals surface area (Å²) in [6.07, 6.45) is 9.55. The second-order valence-corrected chi connectivity index (χ2v) is 9.49. The number of carbonyl (C=O) groups excluding carboxylic acids is 2. The van der Waals surface area contributed by atoms with E-state index in [0.717, 1.165) is 50.4 Å². The minimum atomic E-state index is -0.0173. The second kappa shape index (κ2) is 5.17. The Bertz CT molecular complexity index is 526. The van der Waals surface area contributed by atoms with Crippen molar-refractivity contribution >= 4 is 11.6 Å². The van der Waals surface area contributed by atoms with Crippen molar-refractivity contribution in [2.75, 3.05) is 0 Å². The molecule has 0 aromatic rings. The Kier molecular flexibility index (Phi) is 3.56. The van der Waals surface area contributed by atoms with Crippen LogP contribution in [0.3, 0.4) is 0 Å². The van der Waals surface area contributed by atoms with Gasteiger partial charge in [-0.25, -0.2) is 0 Å². The zero-order chi connectivity index (χ0) is 16.4. The van der Waals surface area contributed by atoms with Gasteiger partial charge in [-0.05, 0) is 67.1 Å². The van der Waals surface area contributed by atoms with Gasteiger partial charge in [-0.1, -0.05) is 27.2 Å². The maximum absolute atomic E-state index is 12.5. The van der Waals surface area contributed by atoms with E-state index >= 15 is 0 Å². The molecule has 23 heavy (non-hydrogen) atoms. The molecule has 4 saturated carbocycles. The summed E-state index contributed by atoms with van der Waals surface area (Å²) < 4.78 is 0. The van der Waals surface area contributed by atoms with Gasteiger partial charge in [0.2, 0.25) is 0 Å². The average Bonchev–Trinajstić information content (AvgIpc) is 2.83. The molecule has 0 radical (unpaired) electrons. The fourth-order valence-corrected chi connectivity index (χ4v) is 7.64. The second-order valence-electron chi connectivity index (χ2n) is 9.49. The first-order chi connectivity index (χ1) is 10.9. The third-order valence-corrected chi connectivity index (χ3v) is 8.99. The normalized spacial score (nSPS) is 52.7. The molecule has 4 fully saturated rings. The lowest BCUT2D eigenvalue weighted by Gasteiger charge is -2.61. The molecule has 4 aliphatic carbocycles. The van der Waals surface area contributed by atoms with Gasteiger partial charge in [-0.15, -0.1) is 0 Å². The Labute approximate surface area is 140 Å². The molecular weight excluding hydrogens is 284 g/mol. The number of Topliss-reactive ketones (excluding diaryl/α,β-unsaturated/α-hetero) is 2. The molecule has 1 unspecified atom stereocenters. The molecule has 7 atom stereocenters. The van der Waals surface area contributed by atoms with Crippen LogP contribution in [0.2, 0.25) is 0 Å². The van der Waals surface area contributed by atoms with Crippen LogP contribution in [0.25, 0.3) is 0 Å². The van der Waals surface area contributed by atoms with Crippen LogP contribution in [0.1, 0.15) is 78.6 Å². The highest BCUT2D eigenvalue weighted by Gasteiger charge is 2.61. The summed E-state index contributed by atoms with van der Waals surface area (Å²) in [6, 6.07) is 0. The first-order valence-electron chi connectivity index (χ1n) is 9.96. The van der Waals surface area contributed by atoms with E-state index in [1.807, 2.05) is 0 Å². The highest BCUT2D eigenvalue weighted by molar-refractivity contribution is 5.87. The van der Waals surface area contributed by atoms with Crippen LogP contribution in [-0.4, -0.2) is 11.6 Å². The SMILES string of the molecule is CC[C@H]1CC(=O)CC2CC[C@@H]3[C@H](CC[C@]4(C)C(=O)CC[C@@H]34)[C@]21C. The Morgan fingerprint density at radius 1 is 1.00 bits per heavy atom. The fraction of sp³-hybridized carbons (Fsp3) is 0.905. The minimum absolute atomic E-state index is 0.0173. The van der Waals surface area contributed by atoms with Crippen LogP contribution in [0.15, 0.2) is 0 Å². The van der Waals surface area contributed by atoms with Crippen molar-refractivity contribution in [1.82, 2.24) is 0 Å². The first-order valence-corrected chi connectivity index (χ1v) is 9.96. The van der Waals surface area contributed by atoms with Gasteiger partial charge in [0.25, 0.3) is 0 Å². The highest BCUT2D eigenvalue weighted by atomic mass is 16.1. The number of rotatable bonds is 1. The zero-order valence-electron chi connectivity index (χ0n) is 15.1. The number of carbonyl (C=O) groups is 2.